The van der Waals surface area contributed by atoms with Crippen molar-refractivity contribution in [1.82, 2.24) is 10.6 Å². The topological polar surface area (TPSA) is 96.5 Å². The first kappa shape index (κ1) is 14.5. The van der Waals surface area contributed by atoms with Crippen molar-refractivity contribution < 1.29 is 19.1 Å². The maximum atomic E-state index is 11.9. The van der Waals surface area contributed by atoms with Gasteiger partial charge in [0.05, 0.1) is 25.3 Å². The van der Waals surface area contributed by atoms with E-state index in [9.17, 15) is 14.4 Å². The first-order valence-electron chi connectivity index (χ1n) is 6.08. The van der Waals surface area contributed by atoms with Gasteiger partial charge in [0.15, 0.2) is 0 Å². The normalized spacial score (nSPS) is 18.2. The number of esters is 1. The summed E-state index contributed by atoms with van der Waals surface area (Å²) < 4.78 is 4.63. The molecule has 108 valence electrons. The maximum absolute atomic E-state index is 11.9. The summed E-state index contributed by atoms with van der Waals surface area (Å²) in [5.74, 6) is -1.02. The van der Waals surface area contributed by atoms with Crippen LogP contribution in [-0.4, -0.2) is 44.0 Å². The van der Waals surface area contributed by atoms with Crippen LogP contribution in [0.5, 0.6) is 0 Å². The van der Waals surface area contributed by atoms with Crippen LogP contribution in [0.1, 0.15) is 16.1 Å². The zero-order valence-electron chi connectivity index (χ0n) is 10.9. The summed E-state index contributed by atoms with van der Waals surface area (Å²) in [5, 5.41) is 9.96. The standard InChI is InChI=1S/C12H15N3O4S/c1-19-12(18)10-7(2-5-20-10)15-9(16)6-8-11(17)14-4-3-13-8/h2,5,8,13H,3-4,6H2,1H3,(H,14,17)(H,15,16)/t8-/m0/s1. The van der Waals surface area contributed by atoms with Crippen LogP contribution in [0, 0.1) is 0 Å². The Kier molecular flexibility index (Phi) is 4.70. The fraction of sp³-hybridized carbons (Fsp3) is 0.417. The Labute approximate surface area is 119 Å². The molecule has 1 fully saturated rings. The number of anilines is 1. The fourth-order valence-corrected chi connectivity index (χ4v) is 2.62. The van der Waals surface area contributed by atoms with E-state index in [1.165, 1.54) is 18.4 Å². The van der Waals surface area contributed by atoms with E-state index in [-0.39, 0.29) is 18.2 Å². The molecule has 0 unspecified atom stereocenters. The molecule has 8 heteroatoms. The van der Waals surface area contributed by atoms with Gasteiger partial charge >= 0.3 is 5.97 Å². The van der Waals surface area contributed by atoms with Gasteiger partial charge in [-0.05, 0) is 11.4 Å². The second kappa shape index (κ2) is 6.49. The summed E-state index contributed by atoms with van der Waals surface area (Å²) in [5.41, 5.74) is 0.406. The SMILES string of the molecule is COC(=O)c1sccc1NC(=O)C[C@@H]1NCCNC1=O. The summed E-state index contributed by atoms with van der Waals surface area (Å²) >= 11 is 1.19. The molecule has 20 heavy (non-hydrogen) atoms. The minimum absolute atomic E-state index is 0.0162. The third-order valence-electron chi connectivity index (χ3n) is 2.83. The third kappa shape index (κ3) is 3.34. The molecule has 1 aliphatic rings. The smallest absolute Gasteiger partial charge is 0.350 e. The van der Waals surface area contributed by atoms with Crippen molar-refractivity contribution in [1.29, 1.82) is 0 Å². The Morgan fingerprint density at radius 3 is 3.00 bits per heavy atom. The van der Waals surface area contributed by atoms with Gasteiger partial charge in [0.25, 0.3) is 0 Å². The molecule has 2 rings (SSSR count). The number of carbonyl (C=O) groups is 3. The van der Waals surface area contributed by atoms with E-state index < -0.39 is 12.0 Å². The zero-order chi connectivity index (χ0) is 14.5. The number of piperazine rings is 1. The van der Waals surface area contributed by atoms with Gasteiger partial charge in [-0.3, -0.25) is 9.59 Å². The predicted octanol–water partition coefficient (Wildman–Crippen LogP) is -0.0487. The number of carbonyl (C=O) groups excluding carboxylic acids is 3. The average molecular weight is 297 g/mol. The van der Waals surface area contributed by atoms with E-state index in [2.05, 4.69) is 20.7 Å². The highest BCUT2D eigenvalue weighted by Gasteiger charge is 2.25. The van der Waals surface area contributed by atoms with E-state index >= 15 is 0 Å². The van der Waals surface area contributed by atoms with Crippen molar-refractivity contribution in [2.75, 3.05) is 25.5 Å². The van der Waals surface area contributed by atoms with Crippen LogP contribution in [0.2, 0.25) is 0 Å². The zero-order valence-corrected chi connectivity index (χ0v) is 11.7. The van der Waals surface area contributed by atoms with Crippen LogP contribution in [0.4, 0.5) is 5.69 Å². The van der Waals surface area contributed by atoms with Crippen molar-refractivity contribution in [3.63, 3.8) is 0 Å². The van der Waals surface area contributed by atoms with Crippen LogP contribution >= 0.6 is 11.3 Å². The molecule has 0 bridgehead atoms. The maximum Gasteiger partial charge on any atom is 0.350 e. The van der Waals surface area contributed by atoms with E-state index in [1.807, 2.05) is 0 Å². The average Bonchev–Trinajstić information content (AvgIpc) is 2.88. The number of rotatable bonds is 4. The van der Waals surface area contributed by atoms with Crippen molar-refractivity contribution >= 4 is 34.8 Å². The first-order chi connectivity index (χ1) is 9.61. The monoisotopic (exact) mass is 297 g/mol. The van der Waals surface area contributed by atoms with Gasteiger partial charge in [-0.25, -0.2) is 4.79 Å². The Morgan fingerprint density at radius 1 is 1.50 bits per heavy atom. The van der Waals surface area contributed by atoms with Crippen molar-refractivity contribution in [3.05, 3.63) is 16.3 Å². The summed E-state index contributed by atoms with van der Waals surface area (Å²) in [4.78, 5) is 35.3. The Hall–Kier alpha value is -1.93. The van der Waals surface area contributed by atoms with Gasteiger partial charge in [0.1, 0.15) is 4.88 Å². The van der Waals surface area contributed by atoms with Crippen LogP contribution in [0.15, 0.2) is 11.4 Å². The summed E-state index contributed by atoms with van der Waals surface area (Å²) in [6, 6.07) is 1.09. The molecule has 0 aliphatic carbocycles. The summed E-state index contributed by atoms with van der Waals surface area (Å²) in [7, 11) is 1.28. The Morgan fingerprint density at radius 2 is 2.30 bits per heavy atom. The second-order valence-electron chi connectivity index (χ2n) is 4.21. The molecule has 2 heterocycles. The lowest BCUT2D eigenvalue weighted by molar-refractivity contribution is -0.127. The van der Waals surface area contributed by atoms with Crippen LogP contribution in [0.3, 0.4) is 0 Å². The molecular formula is C12H15N3O4S. The van der Waals surface area contributed by atoms with Gasteiger partial charge in [-0.1, -0.05) is 0 Å². The van der Waals surface area contributed by atoms with Gasteiger partial charge in [-0.2, -0.15) is 0 Å². The number of methoxy groups -OCH3 is 1. The van der Waals surface area contributed by atoms with Crippen molar-refractivity contribution in [2.45, 2.75) is 12.5 Å². The van der Waals surface area contributed by atoms with Crippen molar-refractivity contribution in [2.24, 2.45) is 0 Å². The Balaban J connectivity index is 1.96. The minimum atomic E-state index is -0.538. The highest BCUT2D eigenvalue weighted by Crippen LogP contribution is 2.23. The molecule has 0 spiro atoms. The number of thiophene rings is 1. The number of amides is 2. The number of hydrogen-bond acceptors (Lipinski definition) is 6. The molecule has 7 nitrogen and oxygen atoms in total. The van der Waals surface area contributed by atoms with Gasteiger partial charge in [0, 0.05) is 13.1 Å². The highest BCUT2D eigenvalue weighted by molar-refractivity contribution is 7.12. The van der Waals surface area contributed by atoms with Gasteiger partial charge in [0.2, 0.25) is 11.8 Å². The van der Waals surface area contributed by atoms with Gasteiger partial charge in [-0.15, -0.1) is 11.3 Å². The van der Waals surface area contributed by atoms with Crippen LogP contribution in [-0.2, 0) is 14.3 Å². The minimum Gasteiger partial charge on any atom is -0.465 e. The molecular weight excluding hydrogens is 282 g/mol. The largest absolute Gasteiger partial charge is 0.465 e. The van der Waals surface area contributed by atoms with E-state index in [1.54, 1.807) is 11.4 Å². The van der Waals surface area contributed by atoms with E-state index in [0.29, 0.717) is 23.7 Å². The molecule has 3 N–H and O–H groups in total. The second-order valence-corrected chi connectivity index (χ2v) is 5.12. The van der Waals surface area contributed by atoms with E-state index in [0.717, 1.165) is 0 Å². The molecule has 1 aliphatic heterocycles. The van der Waals surface area contributed by atoms with Crippen LogP contribution in [0.25, 0.3) is 0 Å². The number of ether oxygens (including phenoxy) is 1. The number of hydrogen-bond donors (Lipinski definition) is 3. The predicted molar refractivity (Wildman–Crippen MR) is 73.7 cm³/mol. The molecule has 2 amide bonds. The molecule has 0 radical (unpaired) electrons. The van der Waals surface area contributed by atoms with Gasteiger partial charge < -0.3 is 20.7 Å². The summed E-state index contributed by atoms with van der Waals surface area (Å²) in [6.07, 6.45) is 0.0162. The highest BCUT2D eigenvalue weighted by atomic mass is 32.1. The molecule has 0 saturated carbocycles. The number of nitrogens with one attached hydrogen (secondary N) is 3. The third-order valence-corrected chi connectivity index (χ3v) is 3.73. The van der Waals surface area contributed by atoms with Crippen molar-refractivity contribution in [3.8, 4) is 0 Å². The quantitative estimate of drug-likeness (QED) is 0.677. The lowest BCUT2D eigenvalue weighted by Crippen LogP contribution is -2.53. The lowest BCUT2D eigenvalue weighted by atomic mass is 10.1. The van der Waals surface area contributed by atoms with Crippen LogP contribution < -0.4 is 16.0 Å². The Bertz CT molecular complexity index is 529. The fourth-order valence-electron chi connectivity index (χ4n) is 1.86. The molecule has 1 saturated heterocycles. The molecule has 1 aromatic heterocycles. The molecule has 1 aromatic rings. The van der Waals surface area contributed by atoms with E-state index in [4.69, 9.17) is 0 Å². The first-order valence-corrected chi connectivity index (χ1v) is 6.96. The lowest BCUT2D eigenvalue weighted by Gasteiger charge is -2.22. The summed E-state index contributed by atoms with van der Waals surface area (Å²) in [6.45, 7) is 1.20. The molecule has 0 aromatic carbocycles. The molecule has 1 atom stereocenters.